The lowest BCUT2D eigenvalue weighted by Gasteiger charge is -2.15. The Morgan fingerprint density at radius 1 is 1.33 bits per heavy atom. The Morgan fingerprint density at radius 3 is 2.67 bits per heavy atom. The minimum absolute atomic E-state index is 0.176. The van der Waals surface area contributed by atoms with E-state index in [1.165, 1.54) is 13.8 Å². The summed E-state index contributed by atoms with van der Waals surface area (Å²) in [6.45, 7) is 3.09. The van der Waals surface area contributed by atoms with E-state index in [4.69, 9.17) is 9.47 Å². The maximum Gasteiger partial charge on any atom is 0.231 e. The van der Waals surface area contributed by atoms with Crippen LogP contribution in [0.3, 0.4) is 0 Å². The second-order valence-corrected chi connectivity index (χ2v) is 3.96. The summed E-state index contributed by atoms with van der Waals surface area (Å²) in [4.78, 5) is 11.7. The molecule has 1 aliphatic heterocycles. The fraction of sp³-hybridized carbons (Fsp3) is 0.364. The average molecular weight is 208 g/mol. The summed E-state index contributed by atoms with van der Waals surface area (Å²) >= 11 is 0. The molecule has 4 heteroatoms. The van der Waals surface area contributed by atoms with Crippen molar-refractivity contribution in [3.8, 4) is 11.5 Å². The summed E-state index contributed by atoms with van der Waals surface area (Å²) in [5.74, 6) is 0.841. The van der Waals surface area contributed by atoms with Crippen LogP contribution in [0.15, 0.2) is 18.2 Å². The fourth-order valence-corrected chi connectivity index (χ4v) is 1.39. The molecule has 0 radical (unpaired) electrons. The van der Waals surface area contributed by atoms with Crippen molar-refractivity contribution in [3.63, 3.8) is 0 Å². The monoisotopic (exact) mass is 208 g/mol. The van der Waals surface area contributed by atoms with Crippen LogP contribution in [0, 0.1) is 0 Å². The summed E-state index contributed by atoms with van der Waals surface area (Å²) < 4.78 is 10.3. The molecule has 0 saturated heterocycles. The van der Waals surface area contributed by atoms with E-state index in [-0.39, 0.29) is 12.6 Å². The molecular formula is C11H12O4. The van der Waals surface area contributed by atoms with Crippen LogP contribution in [0.4, 0.5) is 0 Å². The van der Waals surface area contributed by atoms with E-state index in [1.807, 2.05) is 0 Å². The van der Waals surface area contributed by atoms with Crippen LogP contribution < -0.4 is 9.47 Å². The number of fused-ring (bicyclic) bond motifs is 1. The lowest BCUT2D eigenvalue weighted by atomic mass is 9.97. The van der Waals surface area contributed by atoms with Gasteiger partial charge >= 0.3 is 0 Å². The Kier molecular flexibility index (Phi) is 2.16. The predicted molar refractivity (Wildman–Crippen MR) is 53.2 cm³/mol. The Labute approximate surface area is 87.4 Å². The van der Waals surface area contributed by atoms with Crippen molar-refractivity contribution in [2.75, 3.05) is 6.79 Å². The Bertz CT molecular complexity index is 404. The zero-order valence-corrected chi connectivity index (χ0v) is 8.61. The van der Waals surface area contributed by atoms with Crippen LogP contribution in [0.2, 0.25) is 0 Å². The molecule has 4 nitrogen and oxygen atoms in total. The molecule has 0 saturated carbocycles. The first kappa shape index (κ1) is 9.98. The number of aliphatic hydroxyl groups is 1. The molecule has 0 atom stereocenters. The molecule has 0 aliphatic carbocycles. The first-order valence-electron chi connectivity index (χ1n) is 4.65. The Hall–Kier alpha value is -1.55. The predicted octanol–water partition coefficient (Wildman–Crippen LogP) is 1.37. The van der Waals surface area contributed by atoms with Crippen molar-refractivity contribution in [3.05, 3.63) is 23.8 Å². The van der Waals surface area contributed by atoms with Crippen LogP contribution in [0.1, 0.15) is 24.2 Å². The highest BCUT2D eigenvalue weighted by Crippen LogP contribution is 2.33. The number of rotatable bonds is 2. The van der Waals surface area contributed by atoms with E-state index in [2.05, 4.69) is 0 Å². The summed E-state index contributed by atoms with van der Waals surface area (Å²) in [5, 5.41) is 9.57. The molecule has 1 heterocycles. The molecular weight excluding hydrogens is 196 g/mol. The number of ether oxygens (including phenoxy) is 2. The minimum Gasteiger partial charge on any atom is -0.454 e. The van der Waals surface area contributed by atoms with Gasteiger partial charge in [0.15, 0.2) is 17.3 Å². The van der Waals surface area contributed by atoms with Crippen molar-refractivity contribution in [2.45, 2.75) is 19.4 Å². The van der Waals surface area contributed by atoms with Crippen molar-refractivity contribution in [1.82, 2.24) is 0 Å². The average Bonchev–Trinajstić information content (AvgIpc) is 2.61. The minimum atomic E-state index is -1.37. The van der Waals surface area contributed by atoms with Gasteiger partial charge in [0.2, 0.25) is 6.79 Å². The van der Waals surface area contributed by atoms with Crippen LogP contribution in [0.25, 0.3) is 0 Å². The van der Waals surface area contributed by atoms with Crippen molar-refractivity contribution >= 4 is 5.78 Å². The van der Waals surface area contributed by atoms with Crippen molar-refractivity contribution in [2.24, 2.45) is 0 Å². The lowest BCUT2D eigenvalue weighted by molar-refractivity contribution is 0.0487. The van der Waals surface area contributed by atoms with Gasteiger partial charge in [-0.2, -0.15) is 0 Å². The SMILES string of the molecule is CC(C)(O)C(=O)c1ccc2c(c1)OCO2. The fourth-order valence-electron chi connectivity index (χ4n) is 1.39. The number of hydrogen-bond donors (Lipinski definition) is 1. The third-order valence-electron chi connectivity index (χ3n) is 2.19. The van der Waals surface area contributed by atoms with E-state index in [1.54, 1.807) is 18.2 Å². The first-order valence-corrected chi connectivity index (χ1v) is 4.65. The number of benzene rings is 1. The van der Waals surface area contributed by atoms with Crippen LogP contribution >= 0.6 is 0 Å². The van der Waals surface area contributed by atoms with E-state index >= 15 is 0 Å². The zero-order valence-electron chi connectivity index (χ0n) is 8.61. The molecule has 0 aromatic heterocycles. The third kappa shape index (κ3) is 1.80. The second-order valence-electron chi connectivity index (χ2n) is 3.96. The summed E-state index contributed by atoms with van der Waals surface area (Å²) in [6.07, 6.45) is 0. The maximum atomic E-state index is 11.7. The van der Waals surface area contributed by atoms with E-state index < -0.39 is 5.60 Å². The van der Waals surface area contributed by atoms with E-state index in [9.17, 15) is 9.90 Å². The van der Waals surface area contributed by atoms with Gasteiger partial charge in [0.25, 0.3) is 0 Å². The molecule has 0 amide bonds. The van der Waals surface area contributed by atoms with E-state index in [0.29, 0.717) is 17.1 Å². The molecule has 0 bridgehead atoms. The first-order chi connectivity index (χ1) is 6.98. The Balaban J connectivity index is 2.35. The molecule has 0 fully saturated rings. The van der Waals surface area contributed by atoms with Crippen molar-refractivity contribution in [1.29, 1.82) is 0 Å². The Morgan fingerprint density at radius 2 is 2.00 bits per heavy atom. The molecule has 2 rings (SSSR count). The van der Waals surface area contributed by atoms with Gasteiger partial charge in [0.05, 0.1) is 0 Å². The summed E-state index contributed by atoms with van der Waals surface area (Å²) in [5.41, 5.74) is -0.944. The summed E-state index contributed by atoms with van der Waals surface area (Å²) in [7, 11) is 0. The number of carbonyl (C=O) groups excluding carboxylic acids is 1. The van der Waals surface area contributed by atoms with Crippen molar-refractivity contribution < 1.29 is 19.4 Å². The quantitative estimate of drug-likeness (QED) is 0.746. The molecule has 0 spiro atoms. The third-order valence-corrected chi connectivity index (χ3v) is 2.19. The second kappa shape index (κ2) is 3.24. The summed E-state index contributed by atoms with van der Waals surface area (Å²) in [6, 6.07) is 4.87. The van der Waals surface area contributed by atoms with Gasteiger partial charge in [0, 0.05) is 5.56 Å². The molecule has 1 aromatic rings. The van der Waals surface area contributed by atoms with Gasteiger partial charge < -0.3 is 14.6 Å². The molecule has 0 unspecified atom stereocenters. The highest BCUT2D eigenvalue weighted by molar-refractivity contribution is 6.02. The van der Waals surface area contributed by atoms with Gasteiger partial charge in [-0.3, -0.25) is 4.79 Å². The molecule has 15 heavy (non-hydrogen) atoms. The molecule has 1 aliphatic rings. The van der Waals surface area contributed by atoms with Crippen LogP contribution in [0.5, 0.6) is 11.5 Å². The molecule has 1 aromatic carbocycles. The highest BCUT2D eigenvalue weighted by Gasteiger charge is 2.26. The van der Waals surface area contributed by atoms with Gasteiger partial charge in [-0.1, -0.05) is 0 Å². The van der Waals surface area contributed by atoms with Crippen LogP contribution in [-0.4, -0.2) is 23.3 Å². The lowest BCUT2D eigenvalue weighted by Crippen LogP contribution is -2.30. The molecule has 80 valence electrons. The van der Waals surface area contributed by atoms with Gasteiger partial charge in [0.1, 0.15) is 5.60 Å². The smallest absolute Gasteiger partial charge is 0.231 e. The number of ketones is 1. The number of hydrogen-bond acceptors (Lipinski definition) is 4. The van der Waals surface area contributed by atoms with Gasteiger partial charge in [-0.15, -0.1) is 0 Å². The van der Waals surface area contributed by atoms with Crippen LogP contribution in [-0.2, 0) is 0 Å². The molecule has 1 N–H and O–H groups in total. The van der Waals surface area contributed by atoms with E-state index in [0.717, 1.165) is 0 Å². The maximum absolute atomic E-state index is 11.7. The normalized spacial score (nSPS) is 14.1. The van der Waals surface area contributed by atoms with Gasteiger partial charge in [-0.25, -0.2) is 0 Å². The zero-order chi connectivity index (χ0) is 11.1. The number of carbonyl (C=O) groups is 1. The highest BCUT2D eigenvalue weighted by atomic mass is 16.7. The largest absolute Gasteiger partial charge is 0.454 e. The standard InChI is InChI=1S/C11H12O4/c1-11(2,13)10(12)7-3-4-8-9(5-7)15-6-14-8/h3-5,13H,6H2,1-2H3. The number of Topliss-reactive ketones (excluding diaryl/α,β-unsaturated/α-hetero) is 1. The van der Waals surface area contributed by atoms with Gasteiger partial charge in [-0.05, 0) is 32.0 Å². The topological polar surface area (TPSA) is 55.8 Å².